The Morgan fingerprint density at radius 3 is 2.26 bits per heavy atom. The minimum absolute atomic E-state index is 0. The van der Waals surface area contributed by atoms with Gasteiger partial charge < -0.3 is 9.52 Å². The van der Waals surface area contributed by atoms with Crippen molar-refractivity contribution in [3.8, 4) is 39.6 Å². The zero-order valence-corrected chi connectivity index (χ0v) is 23.2. The first-order chi connectivity index (χ1) is 18.0. The van der Waals surface area contributed by atoms with Crippen LogP contribution in [0.2, 0.25) is 0 Å². The number of oxazole rings is 1. The molecule has 0 aliphatic carbocycles. The van der Waals surface area contributed by atoms with Gasteiger partial charge in [0.15, 0.2) is 0 Å². The zero-order chi connectivity index (χ0) is 25.4. The smallest absolute Gasteiger partial charge is 0.230 e. The molecule has 38 heavy (non-hydrogen) atoms. The maximum Gasteiger partial charge on any atom is 0.230 e. The number of aromatic nitrogens is 2. The van der Waals surface area contributed by atoms with Crippen molar-refractivity contribution in [2.45, 2.75) is 19.3 Å². The molecule has 0 spiro atoms. The molecule has 6 aromatic rings. The summed E-state index contributed by atoms with van der Waals surface area (Å²) in [5.74, 6) is 0.508. The third-order valence-corrected chi connectivity index (χ3v) is 6.87. The maximum atomic E-state index is 10.5. The number of para-hydroxylation sites is 1. The summed E-state index contributed by atoms with van der Waals surface area (Å²) < 4.78 is 6.19. The minimum Gasteiger partial charge on any atom is -0.507 e. The van der Waals surface area contributed by atoms with Gasteiger partial charge in [-0.3, -0.25) is 4.98 Å². The van der Waals surface area contributed by atoms with Crippen molar-refractivity contribution in [3.63, 3.8) is 0 Å². The van der Waals surface area contributed by atoms with Crippen molar-refractivity contribution in [1.82, 2.24) is 9.97 Å². The van der Waals surface area contributed by atoms with Crippen LogP contribution < -0.4 is 0 Å². The molecule has 0 radical (unpaired) electrons. The van der Waals surface area contributed by atoms with Crippen molar-refractivity contribution in [1.29, 1.82) is 0 Å². The predicted octanol–water partition coefficient (Wildman–Crippen LogP) is 8.05. The van der Waals surface area contributed by atoms with Gasteiger partial charge in [0.25, 0.3) is 0 Å². The average Bonchev–Trinajstić information content (AvgIpc) is 3.38. The van der Waals surface area contributed by atoms with Crippen LogP contribution in [0.3, 0.4) is 0 Å². The molecule has 190 valence electrons. The molecule has 0 saturated carbocycles. The largest absolute Gasteiger partial charge is 0.507 e. The molecular weight excluding hydrogens is 651 g/mol. The number of hydrogen-bond donors (Lipinski definition) is 1. The van der Waals surface area contributed by atoms with Crippen LogP contribution in [0.1, 0.15) is 25.0 Å². The van der Waals surface area contributed by atoms with Gasteiger partial charge in [-0.25, -0.2) is 4.98 Å². The Hall–Kier alpha value is -4.01. The quantitative estimate of drug-likeness (QED) is 0.188. The van der Waals surface area contributed by atoms with Crippen LogP contribution in [-0.2, 0) is 26.5 Å². The van der Waals surface area contributed by atoms with Crippen molar-refractivity contribution in [2.75, 3.05) is 0 Å². The number of hydrogen-bond acceptors (Lipinski definition) is 4. The van der Waals surface area contributed by atoms with Crippen LogP contribution in [0, 0.1) is 6.07 Å². The molecule has 0 amide bonds. The Labute approximate surface area is 236 Å². The molecule has 5 heteroatoms. The van der Waals surface area contributed by atoms with Gasteiger partial charge in [-0.1, -0.05) is 85.6 Å². The molecule has 2 aromatic heterocycles. The van der Waals surface area contributed by atoms with Gasteiger partial charge >= 0.3 is 0 Å². The van der Waals surface area contributed by atoms with E-state index < -0.39 is 0 Å². The molecule has 0 fully saturated rings. The van der Waals surface area contributed by atoms with E-state index in [1.54, 1.807) is 18.3 Å². The van der Waals surface area contributed by atoms with Crippen molar-refractivity contribution >= 4 is 11.1 Å². The molecule has 2 heterocycles. The van der Waals surface area contributed by atoms with Gasteiger partial charge in [0.2, 0.25) is 5.89 Å². The van der Waals surface area contributed by atoms with Crippen LogP contribution in [0.15, 0.2) is 114 Å². The fourth-order valence-corrected chi connectivity index (χ4v) is 4.85. The summed E-state index contributed by atoms with van der Waals surface area (Å²) in [5, 5.41) is 10.5. The minimum atomic E-state index is -0.326. The third kappa shape index (κ3) is 4.57. The summed E-state index contributed by atoms with van der Waals surface area (Å²) in [6, 6.07) is 37.2. The molecule has 6 rings (SSSR count). The van der Waals surface area contributed by atoms with Crippen LogP contribution in [0.4, 0.5) is 0 Å². The van der Waals surface area contributed by atoms with E-state index in [4.69, 9.17) is 9.40 Å². The Morgan fingerprint density at radius 2 is 1.50 bits per heavy atom. The summed E-state index contributed by atoms with van der Waals surface area (Å²) in [4.78, 5) is 9.45. The second kappa shape index (κ2) is 10.4. The van der Waals surface area contributed by atoms with E-state index >= 15 is 0 Å². The number of rotatable bonds is 5. The zero-order valence-electron chi connectivity index (χ0n) is 21.0. The van der Waals surface area contributed by atoms with E-state index in [1.807, 2.05) is 54.6 Å². The van der Waals surface area contributed by atoms with E-state index in [2.05, 4.69) is 61.3 Å². The van der Waals surface area contributed by atoms with Crippen molar-refractivity contribution in [2.24, 2.45) is 0 Å². The molecule has 0 bridgehead atoms. The van der Waals surface area contributed by atoms with Gasteiger partial charge in [0.05, 0.1) is 11.1 Å². The Kier molecular flexibility index (Phi) is 7.01. The fourth-order valence-electron chi connectivity index (χ4n) is 4.85. The predicted molar refractivity (Wildman–Crippen MR) is 147 cm³/mol. The van der Waals surface area contributed by atoms with Gasteiger partial charge in [0, 0.05) is 38.4 Å². The molecule has 0 aliphatic rings. The molecule has 1 N–H and O–H groups in total. The number of pyridine rings is 1. The summed E-state index contributed by atoms with van der Waals surface area (Å²) in [5.41, 5.74) is 7.54. The summed E-state index contributed by atoms with van der Waals surface area (Å²) >= 11 is 0. The number of benzene rings is 4. The van der Waals surface area contributed by atoms with E-state index in [1.165, 1.54) is 5.56 Å². The molecule has 0 aliphatic heterocycles. The summed E-state index contributed by atoms with van der Waals surface area (Å²) in [6.07, 6.45) is 1.79. The number of nitrogens with zero attached hydrogens (tertiary/aromatic N) is 2. The van der Waals surface area contributed by atoms with Crippen LogP contribution in [0.25, 0.3) is 44.9 Å². The van der Waals surface area contributed by atoms with E-state index in [9.17, 15) is 5.11 Å². The molecule has 4 aromatic carbocycles. The van der Waals surface area contributed by atoms with Crippen molar-refractivity contribution < 1.29 is 30.6 Å². The van der Waals surface area contributed by atoms with Crippen LogP contribution >= 0.6 is 0 Å². The van der Waals surface area contributed by atoms with Crippen LogP contribution in [0.5, 0.6) is 5.75 Å². The van der Waals surface area contributed by atoms with Crippen LogP contribution in [-0.4, -0.2) is 15.1 Å². The summed E-state index contributed by atoms with van der Waals surface area (Å²) in [6.45, 7) is 4.44. The van der Waals surface area contributed by atoms with E-state index in [0.717, 1.165) is 33.5 Å². The number of phenols is 1. The maximum absolute atomic E-state index is 10.5. The Balaban J connectivity index is 0.00000294. The first kappa shape index (κ1) is 25.6. The topological polar surface area (TPSA) is 59.2 Å². The second-order valence-electron chi connectivity index (χ2n) is 9.56. The van der Waals surface area contributed by atoms with Crippen molar-refractivity contribution in [3.05, 3.63) is 127 Å². The number of phenolic OH excluding ortho intramolecular Hbond substituents is 1. The average molecular weight is 677 g/mol. The first-order valence-electron chi connectivity index (χ1n) is 12.2. The molecular formula is C33H25N2O2Pt-. The van der Waals surface area contributed by atoms with E-state index in [-0.39, 0.29) is 32.2 Å². The Bertz CT molecular complexity index is 1710. The van der Waals surface area contributed by atoms with E-state index in [0.29, 0.717) is 17.0 Å². The fraction of sp³-hybridized carbons (Fsp3) is 0.0909. The van der Waals surface area contributed by atoms with Gasteiger partial charge in [-0.15, -0.1) is 29.8 Å². The normalized spacial score (nSPS) is 11.3. The summed E-state index contributed by atoms with van der Waals surface area (Å²) in [7, 11) is 0. The first-order valence-corrected chi connectivity index (χ1v) is 12.2. The third-order valence-electron chi connectivity index (χ3n) is 6.87. The van der Waals surface area contributed by atoms with Gasteiger partial charge in [-0.05, 0) is 35.4 Å². The molecule has 4 nitrogen and oxygen atoms in total. The monoisotopic (exact) mass is 676 g/mol. The molecule has 0 atom stereocenters. The standard InChI is InChI=1S/C33H25N2O2.Pt/c1-33(2,24-13-4-3-5-14-24)26-18-19-29-31(35-32(37-29)25-15-6-7-17-28(25)36)30(26)23-12-10-11-22(21-23)27-16-8-9-20-34-27;/h3-20,36H,1-2H3;/q-1;. The van der Waals surface area contributed by atoms with Gasteiger partial charge in [-0.2, -0.15) is 0 Å². The number of aromatic hydroxyl groups is 1. The molecule has 0 saturated heterocycles. The molecule has 0 unspecified atom stereocenters. The SMILES string of the molecule is CC(C)(c1ccccc1)c1ccc2oc(-c3ccccc3O)nc2c1-c1[c-]c(-c2ccccn2)ccc1.[Pt]. The number of fused-ring (bicyclic) bond motifs is 1. The van der Waals surface area contributed by atoms with Gasteiger partial charge in [0.1, 0.15) is 11.3 Å². The Morgan fingerprint density at radius 1 is 0.763 bits per heavy atom. The second-order valence-corrected chi connectivity index (χ2v) is 9.56.